The third kappa shape index (κ3) is 1.92. The lowest BCUT2D eigenvalue weighted by Gasteiger charge is -2.54. The zero-order chi connectivity index (χ0) is 12.1. The predicted molar refractivity (Wildman–Crippen MR) is 53.1 cm³/mol. The molecule has 0 amide bonds. The maximum atomic E-state index is 12.3. The molecule has 17 heavy (non-hydrogen) atoms. The van der Waals surface area contributed by atoms with E-state index >= 15 is 0 Å². The van der Waals surface area contributed by atoms with Crippen molar-refractivity contribution < 1.29 is 13.2 Å². The molecule has 2 fully saturated rings. The van der Waals surface area contributed by atoms with Crippen molar-refractivity contribution in [3.8, 4) is 0 Å². The van der Waals surface area contributed by atoms with Gasteiger partial charge in [-0.2, -0.15) is 13.2 Å². The summed E-state index contributed by atoms with van der Waals surface area (Å²) in [4.78, 5) is 0. The Morgan fingerprint density at radius 3 is 2.59 bits per heavy atom. The number of nitrogens with one attached hydrogen (secondary N) is 1. The highest BCUT2D eigenvalue weighted by Crippen LogP contribution is 2.48. The van der Waals surface area contributed by atoms with Gasteiger partial charge in [-0.1, -0.05) is 5.21 Å². The van der Waals surface area contributed by atoms with Crippen LogP contribution in [0.1, 0.15) is 18.5 Å². The molecule has 1 saturated heterocycles. The topological polar surface area (TPSA) is 42.7 Å². The van der Waals surface area contributed by atoms with E-state index in [1.54, 1.807) is 0 Å². The highest BCUT2D eigenvalue weighted by molar-refractivity contribution is 5.03. The van der Waals surface area contributed by atoms with E-state index in [1.807, 2.05) is 0 Å². The van der Waals surface area contributed by atoms with Gasteiger partial charge in [0.1, 0.15) is 0 Å². The number of hydrogen-bond acceptors (Lipinski definition) is 3. The van der Waals surface area contributed by atoms with E-state index in [4.69, 9.17) is 0 Å². The molecular formula is C10H13F3N4. The number of hydrogen-bond donors (Lipinski definition) is 1. The van der Waals surface area contributed by atoms with Crippen molar-refractivity contribution in [2.24, 2.45) is 11.3 Å². The van der Waals surface area contributed by atoms with Crippen LogP contribution < -0.4 is 5.32 Å². The van der Waals surface area contributed by atoms with Crippen molar-refractivity contribution in [1.29, 1.82) is 0 Å². The molecule has 1 spiro atoms. The first-order valence-electron chi connectivity index (χ1n) is 5.65. The van der Waals surface area contributed by atoms with Gasteiger partial charge >= 0.3 is 6.18 Å². The van der Waals surface area contributed by atoms with E-state index in [0.717, 1.165) is 32.1 Å². The molecule has 0 atom stereocenters. The van der Waals surface area contributed by atoms with Crippen LogP contribution >= 0.6 is 0 Å². The number of halogens is 3. The molecule has 94 valence electrons. The van der Waals surface area contributed by atoms with Gasteiger partial charge in [0, 0.05) is 19.6 Å². The lowest BCUT2D eigenvalue weighted by atomic mass is 9.58. The molecule has 4 nitrogen and oxygen atoms in total. The van der Waals surface area contributed by atoms with Crippen molar-refractivity contribution in [3.63, 3.8) is 0 Å². The molecule has 1 aromatic rings. The number of alkyl halides is 3. The minimum Gasteiger partial charge on any atom is -0.316 e. The molecule has 0 bridgehead atoms. The van der Waals surface area contributed by atoms with Crippen LogP contribution in [0.15, 0.2) is 6.20 Å². The fourth-order valence-corrected chi connectivity index (χ4v) is 2.84. The Balaban J connectivity index is 1.57. The van der Waals surface area contributed by atoms with E-state index in [1.165, 1.54) is 4.68 Å². The Morgan fingerprint density at radius 2 is 2.12 bits per heavy atom. The first-order chi connectivity index (χ1) is 7.97. The fourth-order valence-electron chi connectivity index (χ4n) is 2.84. The normalized spacial score (nSPS) is 23.5. The van der Waals surface area contributed by atoms with Crippen LogP contribution in [-0.2, 0) is 12.7 Å². The summed E-state index contributed by atoms with van der Waals surface area (Å²) in [5.74, 6) is 0.444. The Kier molecular flexibility index (Phi) is 2.23. The SMILES string of the molecule is FC(F)(F)c1cn(CC2CC3(CNC3)C2)nn1. The molecule has 2 aliphatic rings. The quantitative estimate of drug-likeness (QED) is 0.855. The van der Waals surface area contributed by atoms with Crippen LogP contribution in [-0.4, -0.2) is 28.1 Å². The second kappa shape index (κ2) is 3.44. The second-order valence-electron chi connectivity index (χ2n) is 5.20. The van der Waals surface area contributed by atoms with Crippen LogP contribution in [0, 0.1) is 11.3 Å². The number of nitrogens with zero attached hydrogens (tertiary/aromatic N) is 3. The summed E-state index contributed by atoms with van der Waals surface area (Å²) in [6, 6.07) is 0. The van der Waals surface area contributed by atoms with Crippen molar-refractivity contribution >= 4 is 0 Å². The summed E-state index contributed by atoms with van der Waals surface area (Å²) in [6.07, 6.45) is -1.23. The van der Waals surface area contributed by atoms with Gasteiger partial charge in [-0.25, -0.2) is 0 Å². The molecule has 1 N–H and O–H groups in total. The first-order valence-corrected chi connectivity index (χ1v) is 5.65. The van der Waals surface area contributed by atoms with Gasteiger partial charge in [0.2, 0.25) is 0 Å². The number of aromatic nitrogens is 3. The maximum Gasteiger partial charge on any atom is 0.436 e. The predicted octanol–water partition coefficient (Wildman–Crippen LogP) is 1.30. The molecule has 7 heteroatoms. The average molecular weight is 246 g/mol. The fraction of sp³-hybridized carbons (Fsp3) is 0.800. The van der Waals surface area contributed by atoms with Crippen molar-refractivity contribution in [3.05, 3.63) is 11.9 Å². The smallest absolute Gasteiger partial charge is 0.316 e. The Morgan fingerprint density at radius 1 is 1.41 bits per heavy atom. The van der Waals surface area contributed by atoms with Gasteiger partial charge < -0.3 is 5.32 Å². The van der Waals surface area contributed by atoms with Gasteiger partial charge in [-0.15, -0.1) is 5.10 Å². The molecule has 2 heterocycles. The van der Waals surface area contributed by atoms with Crippen LogP contribution in [0.4, 0.5) is 13.2 Å². The minimum atomic E-state index is -4.39. The molecule has 1 aliphatic heterocycles. The van der Waals surface area contributed by atoms with Crippen LogP contribution in [0.25, 0.3) is 0 Å². The molecule has 0 aromatic carbocycles. The van der Waals surface area contributed by atoms with Crippen molar-refractivity contribution in [2.45, 2.75) is 25.6 Å². The summed E-state index contributed by atoms with van der Waals surface area (Å²) in [7, 11) is 0. The molecule has 0 radical (unpaired) electrons. The Labute approximate surface area is 96.2 Å². The van der Waals surface area contributed by atoms with Gasteiger partial charge in [0.05, 0.1) is 6.20 Å². The number of rotatable bonds is 2. The first kappa shape index (κ1) is 11.0. The van der Waals surface area contributed by atoms with Crippen molar-refractivity contribution in [2.75, 3.05) is 13.1 Å². The maximum absolute atomic E-state index is 12.3. The summed E-state index contributed by atoms with van der Waals surface area (Å²) >= 11 is 0. The zero-order valence-corrected chi connectivity index (χ0v) is 9.17. The van der Waals surface area contributed by atoms with Gasteiger partial charge in [-0.3, -0.25) is 4.68 Å². The molecule has 0 unspecified atom stereocenters. The van der Waals surface area contributed by atoms with Crippen LogP contribution in [0.5, 0.6) is 0 Å². The Hall–Kier alpha value is -1.11. The molecular weight excluding hydrogens is 233 g/mol. The lowest BCUT2D eigenvalue weighted by Crippen LogP contribution is -2.60. The summed E-state index contributed by atoms with van der Waals surface area (Å²) in [5.41, 5.74) is -0.463. The summed E-state index contributed by atoms with van der Waals surface area (Å²) in [6.45, 7) is 2.65. The average Bonchev–Trinajstić information content (AvgIpc) is 2.54. The van der Waals surface area contributed by atoms with Crippen LogP contribution in [0.3, 0.4) is 0 Å². The van der Waals surface area contributed by atoms with Gasteiger partial charge in [-0.05, 0) is 24.2 Å². The summed E-state index contributed by atoms with van der Waals surface area (Å²) < 4.78 is 38.2. The molecule has 1 aromatic heterocycles. The standard InChI is InChI=1S/C10H13F3N4/c11-10(12,13)8-4-17(16-15-8)3-7-1-9(2-7)5-14-6-9/h4,7,14H,1-3,5-6H2. The monoisotopic (exact) mass is 246 g/mol. The molecule has 1 saturated carbocycles. The van der Waals surface area contributed by atoms with E-state index in [-0.39, 0.29) is 0 Å². The van der Waals surface area contributed by atoms with E-state index in [0.29, 0.717) is 17.9 Å². The lowest BCUT2D eigenvalue weighted by molar-refractivity contribution is -0.141. The molecule has 1 aliphatic carbocycles. The highest BCUT2D eigenvalue weighted by atomic mass is 19.4. The Bertz CT molecular complexity index is 413. The van der Waals surface area contributed by atoms with Crippen LogP contribution in [0.2, 0.25) is 0 Å². The third-order valence-electron chi connectivity index (χ3n) is 3.72. The highest BCUT2D eigenvalue weighted by Gasteiger charge is 2.48. The summed E-state index contributed by atoms with van der Waals surface area (Å²) in [5, 5.41) is 9.90. The third-order valence-corrected chi connectivity index (χ3v) is 3.72. The van der Waals surface area contributed by atoms with E-state index < -0.39 is 11.9 Å². The zero-order valence-electron chi connectivity index (χ0n) is 9.17. The largest absolute Gasteiger partial charge is 0.436 e. The minimum absolute atomic E-state index is 0.443. The van der Waals surface area contributed by atoms with E-state index in [2.05, 4.69) is 15.6 Å². The molecule has 3 rings (SSSR count). The second-order valence-corrected chi connectivity index (χ2v) is 5.20. The van der Waals surface area contributed by atoms with Gasteiger partial charge in [0.15, 0.2) is 5.69 Å². The van der Waals surface area contributed by atoms with E-state index in [9.17, 15) is 13.2 Å². The van der Waals surface area contributed by atoms with Gasteiger partial charge in [0.25, 0.3) is 0 Å². The van der Waals surface area contributed by atoms with Crippen molar-refractivity contribution in [1.82, 2.24) is 20.3 Å².